The highest BCUT2D eigenvalue weighted by atomic mass is 16.5. The third-order valence-electron chi connectivity index (χ3n) is 5.62. The minimum atomic E-state index is -0.120. The molecule has 1 heterocycles. The second-order valence-electron chi connectivity index (χ2n) is 8.19. The first-order chi connectivity index (χ1) is 16.7. The zero-order valence-electron chi connectivity index (χ0n) is 19.6. The molecule has 0 unspecified atom stereocenters. The van der Waals surface area contributed by atoms with E-state index in [1.165, 1.54) is 0 Å². The number of fused-ring (bicyclic) bond motifs is 1. The fourth-order valence-corrected chi connectivity index (χ4v) is 3.88. The van der Waals surface area contributed by atoms with E-state index in [-0.39, 0.29) is 12.5 Å². The fraction of sp³-hybridized carbons (Fsp3) is 0.286. The predicted octanol–water partition coefficient (Wildman–Crippen LogP) is 4.94. The summed E-state index contributed by atoms with van der Waals surface area (Å²) < 4.78 is 13.7. The van der Waals surface area contributed by atoms with Crippen LogP contribution in [0.1, 0.15) is 24.2 Å². The second kappa shape index (κ2) is 11.9. The Bertz CT molecular complexity index is 1200. The van der Waals surface area contributed by atoms with Crippen LogP contribution in [0.4, 0.5) is 0 Å². The van der Waals surface area contributed by atoms with Gasteiger partial charge in [-0.15, -0.1) is 0 Å². The lowest BCUT2D eigenvalue weighted by atomic mass is 10.2. The van der Waals surface area contributed by atoms with E-state index in [0.29, 0.717) is 18.9 Å². The molecule has 6 heteroatoms. The largest absolute Gasteiger partial charge is 0.493 e. The summed E-state index contributed by atoms with van der Waals surface area (Å²) in [6, 6.07) is 25.6. The SMILES string of the molecule is Cc1ccccc1OCCCn1c(CCCNC(=O)COc2ccccc2)nc2ccccc21. The van der Waals surface area contributed by atoms with Gasteiger partial charge in [-0.3, -0.25) is 4.79 Å². The Morgan fingerprint density at radius 2 is 1.68 bits per heavy atom. The molecule has 176 valence electrons. The summed E-state index contributed by atoms with van der Waals surface area (Å²) in [6.07, 6.45) is 2.47. The molecule has 4 rings (SSSR count). The summed E-state index contributed by atoms with van der Waals surface area (Å²) in [5.41, 5.74) is 3.28. The van der Waals surface area contributed by atoms with Gasteiger partial charge in [0.15, 0.2) is 6.61 Å². The molecule has 0 saturated carbocycles. The number of hydrogen-bond donors (Lipinski definition) is 1. The van der Waals surface area contributed by atoms with Gasteiger partial charge < -0.3 is 19.4 Å². The quantitative estimate of drug-likeness (QED) is 0.306. The van der Waals surface area contributed by atoms with Crippen molar-refractivity contribution in [1.29, 1.82) is 0 Å². The molecule has 1 aromatic heterocycles. The third-order valence-corrected chi connectivity index (χ3v) is 5.62. The molecule has 0 spiro atoms. The molecule has 0 atom stereocenters. The van der Waals surface area contributed by atoms with Gasteiger partial charge in [0.25, 0.3) is 5.91 Å². The van der Waals surface area contributed by atoms with Gasteiger partial charge in [0.2, 0.25) is 0 Å². The summed E-state index contributed by atoms with van der Waals surface area (Å²) >= 11 is 0. The van der Waals surface area contributed by atoms with Gasteiger partial charge in [-0.1, -0.05) is 48.5 Å². The maximum Gasteiger partial charge on any atom is 0.257 e. The van der Waals surface area contributed by atoms with Crippen molar-refractivity contribution in [2.24, 2.45) is 0 Å². The van der Waals surface area contributed by atoms with Crippen molar-refractivity contribution in [3.05, 3.63) is 90.3 Å². The van der Waals surface area contributed by atoms with Crippen LogP contribution in [0.5, 0.6) is 11.5 Å². The Labute approximate surface area is 200 Å². The highest BCUT2D eigenvalue weighted by Crippen LogP contribution is 2.19. The van der Waals surface area contributed by atoms with Crippen molar-refractivity contribution in [1.82, 2.24) is 14.9 Å². The number of ether oxygens (including phenoxy) is 2. The molecule has 0 saturated heterocycles. The van der Waals surface area contributed by atoms with E-state index in [1.807, 2.05) is 66.7 Å². The van der Waals surface area contributed by atoms with E-state index in [9.17, 15) is 4.79 Å². The van der Waals surface area contributed by atoms with E-state index in [0.717, 1.165) is 54.0 Å². The Hall–Kier alpha value is -3.80. The fourth-order valence-electron chi connectivity index (χ4n) is 3.88. The van der Waals surface area contributed by atoms with Crippen LogP contribution in [0, 0.1) is 6.92 Å². The van der Waals surface area contributed by atoms with Gasteiger partial charge >= 0.3 is 0 Å². The summed E-state index contributed by atoms with van der Waals surface area (Å²) in [7, 11) is 0. The summed E-state index contributed by atoms with van der Waals surface area (Å²) in [4.78, 5) is 16.9. The first-order valence-corrected chi connectivity index (χ1v) is 11.8. The van der Waals surface area contributed by atoms with Crippen molar-refractivity contribution >= 4 is 16.9 Å². The van der Waals surface area contributed by atoms with Gasteiger partial charge in [-0.05, 0) is 55.7 Å². The number of aryl methyl sites for hydroxylation is 3. The van der Waals surface area contributed by atoms with Crippen LogP contribution in [0.2, 0.25) is 0 Å². The smallest absolute Gasteiger partial charge is 0.257 e. The summed E-state index contributed by atoms with van der Waals surface area (Å²) in [5, 5.41) is 2.93. The van der Waals surface area contributed by atoms with Gasteiger partial charge in [0, 0.05) is 19.5 Å². The third kappa shape index (κ3) is 6.38. The normalized spacial score (nSPS) is 10.9. The van der Waals surface area contributed by atoms with E-state index in [2.05, 4.69) is 28.9 Å². The molecule has 34 heavy (non-hydrogen) atoms. The molecule has 0 aliphatic rings. The molecular formula is C28H31N3O3. The predicted molar refractivity (Wildman–Crippen MR) is 134 cm³/mol. The lowest BCUT2D eigenvalue weighted by Gasteiger charge is -2.12. The van der Waals surface area contributed by atoms with Crippen LogP contribution < -0.4 is 14.8 Å². The maximum atomic E-state index is 12.1. The van der Waals surface area contributed by atoms with Gasteiger partial charge in [0.05, 0.1) is 17.6 Å². The van der Waals surface area contributed by atoms with Crippen molar-refractivity contribution in [2.45, 2.75) is 32.7 Å². The number of nitrogens with one attached hydrogen (secondary N) is 1. The lowest BCUT2D eigenvalue weighted by molar-refractivity contribution is -0.123. The maximum absolute atomic E-state index is 12.1. The number of carbonyl (C=O) groups excluding carboxylic acids is 1. The minimum absolute atomic E-state index is 0.0173. The van der Waals surface area contributed by atoms with Crippen molar-refractivity contribution in [2.75, 3.05) is 19.8 Å². The molecule has 3 aromatic carbocycles. The standard InChI is InChI=1S/C28H31N3O3/c1-22-11-5-8-16-26(22)33-20-10-19-31-25-15-7-6-14-24(25)30-27(31)17-9-18-29-28(32)21-34-23-12-3-2-4-13-23/h2-8,11-16H,9-10,17-21H2,1H3,(H,29,32). The number of nitrogens with zero attached hydrogens (tertiary/aromatic N) is 2. The van der Waals surface area contributed by atoms with Crippen LogP contribution in [0.3, 0.4) is 0 Å². The number of aromatic nitrogens is 2. The number of carbonyl (C=O) groups is 1. The molecule has 0 bridgehead atoms. The van der Waals surface area contributed by atoms with E-state index in [1.54, 1.807) is 0 Å². The Balaban J connectivity index is 1.26. The van der Waals surface area contributed by atoms with Gasteiger partial charge in [-0.25, -0.2) is 4.98 Å². The van der Waals surface area contributed by atoms with Crippen LogP contribution in [0.25, 0.3) is 11.0 Å². The zero-order chi connectivity index (χ0) is 23.6. The minimum Gasteiger partial charge on any atom is -0.493 e. The lowest BCUT2D eigenvalue weighted by Crippen LogP contribution is -2.30. The molecule has 0 fully saturated rings. The van der Waals surface area contributed by atoms with E-state index < -0.39 is 0 Å². The molecule has 0 radical (unpaired) electrons. The summed E-state index contributed by atoms with van der Waals surface area (Å²) in [5.74, 6) is 2.54. The van der Waals surface area contributed by atoms with Crippen molar-refractivity contribution in [3.63, 3.8) is 0 Å². The van der Waals surface area contributed by atoms with Crippen LogP contribution in [-0.4, -0.2) is 35.2 Å². The Morgan fingerprint density at radius 1 is 0.912 bits per heavy atom. The highest BCUT2D eigenvalue weighted by Gasteiger charge is 2.11. The number of imidazole rings is 1. The molecule has 0 aliphatic carbocycles. The molecule has 6 nitrogen and oxygen atoms in total. The first kappa shape index (κ1) is 23.4. The van der Waals surface area contributed by atoms with E-state index >= 15 is 0 Å². The first-order valence-electron chi connectivity index (χ1n) is 11.8. The van der Waals surface area contributed by atoms with Gasteiger partial charge in [-0.2, -0.15) is 0 Å². The second-order valence-corrected chi connectivity index (χ2v) is 8.19. The number of para-hydroxylation sites is 4. The monoisotopic (exact) mass is 457 g/mol. The van der Waals surface area contributed by atoms with Crippen LogP contribution in [0.15, 0.2) is 78.9 Å². The molecule has 4 aromatic rings. The highest BCUT2D eigenvalue weighted by molar-refractivity contribution is 5.77. The van der Waals surface area contributed by atoms with E-state index in [4.69, 9.17) is 14.5 Å². The average molecular weight is 458 g/mol. The molecular weight excluding hydrogens is 426 g/mol. The van der Waals surface area contributed by atoms with Crippen LogP contribution >= 0.6 is 0 Å². The molecule has 1 amide bonds. The number of rotatable bonds is 12. The zero-order valence-corrected chi connectivity index (χ0v) is 19.6. The Morgan fingerprint density at radius 3 is 2.53 bits per heavy atom. The van der Waals surface area contributed by atoms with Crippen LogP contribution in [-0.2, 0) is 17.8 Å². The number of benzene rings is 3. The molecule has 1 N–H and O–H groups in total. The Kier molecular flexibility index (Phi) is 8.17. The topological polar surface area (TPSA) is 65.4 Å². The van der Waals surface area contributed by atoms with Crippen molar-refractivity contribution in [3.8, 4) is 11.5 Å². The summed E-state index contributed by atoms with van der Waals surface area (Å²) in [6.45, 7) is 4.14. The molecule has 0 aliphatic heterocycles. The van der Waals surface area contributed by atoms with Gasteiger partial charge in [0.1, 0.15) is 17.3 Å². The average Bonchev–Trinajstić information content (AvgIpc) is 3.22. The van der Waals surface area contributed by atoms with Crippen molar-refractivity contribution < 1.29 is 14.3 Å². The number of hydrogen-bond acceptors (Lipinski definition) is 4. The number of amides is 1.